The maximum absolute atomic E-state index is 3.81. The van der Waals surface area contributed by atoms with Gasteiger partial charge in [0.15, 0.2) is 0 Å². The molecule has 0 heterocycles. The molecule has 13 heavy (non-hydrogen) atoms. The van der Waals surface area contributed by atoms with Gasteiger partial charge in [-0.3, -0.25) is 0 Å². The summed E-state index contributed by atoms with van der Waals surface area (Å²) in [6, 6.07) is 8.45. The summed E-state index contributed by atoms with van der Waals surface area (Å²) < 4.78 is 0. The number of fused-ring (bicyclic) bond motifs is 1. The van der Waals surface area contributed by atoms with Gasteiger partial charge in [0, 0.05) is 17.8 Å². The van der Waals surface area contributed by atoms with E-state index in [1.54, 1.807) is 0 Å². The minimum absolute atomic E-state index is 1.00. The first-order chi connectivity index (χ1) is 6.42. The van der Waals surface area contributed by atoms with Crippen molar-refractivity contribution in [3.8, 4) is 0 Å². The molecule has 0 spiro atoms. The Morgan fingerprint density at radius 1 is 1.23 bits per heavy atom. The van der Waals surface area contributed by atoms with Crippen LogP contribution in [0.25, 0.3) is 11.8 Å². The fourth-order valence-corrected chi connectivity index (χ4v) is 1.52. The lowest BCUT2D eigenvalue weighted by Crippen LogP contribution is -2.18. The van der Waals surface area contributed by atoms with Gasteiger partial charge in [0.25, 0.3) is 0 Å². The minimum Gasteiger partial charge on any atom is -0.385 e. The molecule has 1 N–H and O–H groups in total. The largest absolute Gasteiger partial charge is 0.385 e. The highest BCUT2D eigenvalue weighted by Gasteiger charge is 2.13. The van der Waals surface area contributed by atoms with Crippen LogP contribution in [-0.2, 0) is 0 Å². The molecule has 0 aliphatic heterocycles. The first kappa shape index (κ1) is 8.36. The van der Waals surface area contributed by atoms with Crippen LogP contribution >= 0.6 is 0 Å². The molecule has 67 valence electrons. The molecule has 1 heteroatoms. The van der Waals surface area contributed by atoms with Crippen LogP contribution in [0.3, 0.4) is 0 Å². The highest BCUT2D eigenvalue weighted by molar-refractivity contribution is 5.94. The molecule has 0 unspecified atom stereocenters. The van der Waals surface area contributed by atoms with E-state index in [1.807, 2.05) is 0 Å². The van der Waals surface area contributed by atoms with Gasteiger partial charge in [-0.05, 0) is 18.1 Å². The van der Waals surface area contributed by atoms with Gasteiger partial charge in [0.05, 0.1) is 0 Å². The number of nitrogens with one attached hydrogen (secondary N) is 1. The molecule has 1 aliphatic carbocycles. The Morgan fingerprint density at radius 3 is 2.85 bits per heavy atom. The van der Waals surface area contributed by atoms with Crippen molar-refractivity contribution in [1.82, 2.24) is 5.32 Å². The molecular formula is C12H14N. The zero-order chi connectivity index (χ0) is 9.10. The summed E-state index contributed by atoms with van der Waals surface area (Å²) in [5.41, 5.74) is 3.98. The summed E-state index contributed by atoms with van der Waals surface area (Å²) in [5.74, 6) is 0. The van der Waals surface area contributed by atoms with Gasteiger partial charge in [0.1, 0.15) is 0 Å². The summed E-state index contributed by atoms with van der Waals surface area (Å²) in [5, 5.41) is 3.40. The topological polar surface area (TPSA) is 12.0 Å². The highest BCUT2D eigenvalue weighted by Crippen LogP contribution is 2.29. The van der Waals surface area contributed by atoms with E-state index in [9.17, 15) is 0 Å². The fraction of sp³-hybridized carbons (Fsp3) is 0.250. The molecule has 0 amide bonds. The Balaban J connectivity index is 1.92. The molecule has 0 saturated heterocycles. The van der Waals surface area contributed by atoms with E-state index < -0.39 is 0 Å². The van der Waals surface area contributed by atoms with E-state index in [2.05, 4.69) is 42.6 Å². The molecule has 0 aromatic heterocycles. The molecule has 1 aromatic carbocycles. The monoisotopic (exact) mass is 172 g/mol. The van der Waals surface area contributed by atoms with Crippen molar-refractivity contribution in [2.75, 3.05) is 6.54 Å². The van der Waals surface area contributed by atoms with Crippen molar-refractivity contribution < 1.29 is 0 Å². The molecule has 1 radical (unpaired) electrons. The van der Waals surface area contributed by atoms with Crippen LogP contribution < -0.4 is 5.32 Å². The van der Waals surface area contributed by atoms with Crippen LogP contribution in [-0.4, -0.2) is 6.54 Å². The van der Waals surface area contributed by atoms with Crippen LogP contribution in [0.1, 0.15) is 24.0 Å². The normalized spacial score (nSPS) is 12.8. The van der Waals surface area contributed by atoms with Crippen molar-refractivity contribution >= 4 is 11.8 Å². The second-order valence-corrected chi connectivity index (χ2v) is 3.28. The van der Waals surface area contributed by atoms with Crippen LogP contribution in [0.2, 0.25) is 0 Å². The first-order valence-corrected chi connectivity index (χ1v) is 4.76. The Bertz CT molecular complexity index is 326. The van der Waals surface area contributed by atoms with Crippen LogP contribution in [0.4, 0.5) is 0 Å². The summed E-state index contributed by atoms with van der Waals surface area (Å²) in [7, 11) is 0. The third-order valence-corrected chi connectivity index (χ3v) is 2.29. The maximum atomic E-state index is 3.81. The van der Waals surface area contributed by atoms with Crippen molar-refractivity contribution in [2.45, 2.75) is 12.8 Å². The van der Waals surface area contributed by atoms with Gasteiger partial charge in [-0.2, -0.15) is 0 Å². The zero-order valence-electron chi connectivity index (χ0n) is 7.72. The summed E-state index contributed by atoms with van der Waals surface area (Å²) in [4.78, 5) is 0. The van der Waals surface area contributed by atoms with Gasteiger partial charge in [-0.15, -0.1) is 0 Å². The van der Waals surface area contributed by atoms with Gasteiger partial charge in [0.2, 0.25) is 0 Å². The Hall–Kier alpha value is -1.24. The van der Waals surface area contributed by atoms with E-state index in [4.69, 9.17) is 0 Å². The van der Waals surface area contributed by atoms with Gasteiger partial charge in [-0.25, -0.2) is 0 Å². The number of hydrogen-bond acceptors (Lipinski definition) is 1. The Kier molecular flexibility index (Phi) is 2.35. The first-order valence-electron chi connectivity index (χ1n) is 4.76. The molecule has 0 saturated carbocycles. The maximum Gasteiger partial charge on any atom is 0.0426 e. The number of unbranched alkanes of at least 4 members (excludes halogenated alkanes) is 1. The van der Waals surface area contributed by atoms with Gasteiger partial charge < -0.3 is 5.32 Å². The summed E-state index contributed by atoms with van der Waals surface area (Å²) >= 11 is 0. The third-order valence-electron chi connectivity index (χ3n) is 2.29. The van der Waals surface area contributed by atoms with Crippen LogP contribution in [0.5, 0.6) is 0 Å². The smallest absolute Gasteiger partial charge is 0.0426 e. The third kappa shape index (κ3) is 1.59. The number of benzene rings is 1. The number of hydrogen-bond donors (Lipinski definition) is 1. The second kappa shape index (κ2) is 3.65. The van der Waals surface area contributed by atoms with E-state index in [0.717, 1.165) is 19.4 Å². The highest BCUT2D eigenvalue weighted by atomic mass is 14.9. The molecule has 0 bridgehead atoms. The van der Waals surface area contributed by atoms with E-state index in [0.29, 0.717) is 0 Å². The lowest BCUT2D eigenvalue weighted by Gasteiger charge is -2.21. The lowest BCUT2D eigenvalue weighted by molar-refractivity contribution is 0.774. The average Bonchev–Trinajstić information content (AvgIpc) is 2.13. The van der Waals surface area contributed by atoms with Crippen molar-refractivity contribution in [3.05, 3.63) is 42.3 Å². The van der Waals surface area contributed by atoms with Gasteiger partial charge >= 0.3 is 0 Å². The molecular weight excluding hydrogens is 158 g/mol. The fourth-order valence-electron chi connectivity index (χ4n) is 1.52. The van der Waals surface area contributed by atoms with Crippen molar-refractivity contribution in [3.63, 3.8) is 0 Å². The van der Waals surface area contributed by atoms with E-state index >= 15 is 0 Å². The molecule has 0 fully saturated rings. The van der Waals surface area contributed by atoms with Crippen molar-refractivity contribution in [2.24, 2.45) is 0 Å². The molecule has 1 aliphatic rings. The SMILES string of the molecule is [CH2]CCCNC1=Cc2ccccc21. The predicted octanol–water partition coefficient (Wildman–Crippen LogP) is 2.70. The van der Waals surface area contributed by atoms with Crippen molar-refractivity contribution in [1.29, 1.82) is 0 Å². The molecule has 0 atom stereocenters. The molecule has 1 aromatic rings. The summed E-state index contributed by atoms with van der Waals surface area (Å²) in [6.07, 6.45) is 4.33. The second-order valence-electron chi connectivity index (χ2n) is 3.28. The lowest BCUT2D eigenvalue weighted by atomic mass is 9.94. The minimum atomic E-state index is 1.00. The van der Waals surface area contributed by atoms with Crippen LogP contribution in [0.15, 0.2) is 24.3 Å². The van der Waals surface area contributed by atoms with E-state index in [1.165, 1.54) is 16.8 Å². The molecule has 2 rings (SSSR count). The molecule has 1 nitrogen and oxygen atoms in total. The van der Waals surface area contributed by atoms with E-state index in [-0.39, 0.29) is 0 Å². The zero-order valence-corrected chi connectivity index (χ0v) is 7.72. The standard InChI is InChI=1S/C12H14N/c1-2-3-8-13-12-9-10-6-4-5-7-11(10)12/h4-7,9,13H,1-3,8H2. The number of rotatable bonds is 4. The Morgan fingerprint density at radius 2 is 2.08 bits per heavy atom. The predicted molar refractivity (Wildman–Crippen MR) is 56.9 cm³/mol. The summed E-state index contributed by atoms with van der Waals surface area (Å²) in [6.45, 7) is 4.84. The van der Waals surface area contributed by atoms with Crippen LogP contribution in [0, 0.1) is 6.92 Å². The average molecular weight is 172 g/mol. The Labute approximate surface area is 79.5 Å². The quantitative estimate of drug-likeness (QED) is 0.688. The van der Waals surface area contributed by atoms with Gasteiger partial charge in [-0.1, -0.05) is 37.6 Å².